The highest BCUT2D eigenvalue weighted by molar-refractivity contribution is 5.94. The highest BCUT2D eigenvalue weighted by atomic mass is 16.6. The molecule has 15 rings (SSSR count). The Bertz CT molecular complexity index is 2900. The van der Waals surface area contributed by atoms with Crippen molar-refractivity contribution < 1.29 is 29.6 Å². The first kappa shape index (κ1) is 48.0. The molecule has 3 aromatic rings. The van der Waals surface area contributed by atoms with Gasteiger partial charge in [-0.1, -0.05) is 107 Å². The lowest BCUT2D eigenvalue weighted by molar-refractivity contribution is -0.367. The van der Waals surface area contributed by atoms with E-state index in [1.807, 2.05) is 0 Å². The normalized spacial score (nSPS) is 50.3. The summed E-state index contributed by atoms with van der Waals surface area (Å²) in [6.07, 6.45) is 23.0. The van der Waals surface area contributed by atoms with Crippen molar-refractivity contribution in [2.45, 2.75) is 205 Å². The van der Waals surface area contributed by atoms with Crippen LogP contribution >= 0.6 is 0 Å². The molecule has 1 saturated heterocycles. The minimum Gasteiger partial charge on any atom is -0.481 e. The third-order valence-corrected chi connectivity index (χ3v) is 27.4. The monoisotopic (exact) mass is 999 g/mol. The summed E-state index contributed by atoms with van der Waals surface area (Å²) in [6, 6.07) is 21.2. The molecule has 5 spiro atoms. The molecule has 1 heterocycles. The molecular formula is C68H86O6. The number of methoxy groups -OCH3 is 1. The summed E-state index contributed by atoms with van der Waals surface area (Å²) in [4.78, 5) is 14.5. The van der Waals surface area contributed by atoms with Crippen molar-refractivity contribution in [1.82, 2.24) is 0 Å². The maximum Gasteiger partial charge on any atom is 0.309 e. The van der Waals surface area contributed by atoms with Gasteiger partial charge < -0.3 is 24.8 Å². The van der Waals surface area contributed by atoms with Gasteiger partial charge in [0.1, 0.15) is 0 Å². The summed E-state index contributed by atoms with van der Waals surface area (Å²) in [5.41, 5.74) is 4.29. The number of fused-ring (bicyclic) bond motifs is 5. The Morgan fingerprint density at radius 2 is 1.62 bits per heavy atom. The zero-order chi connectivity index (χ0) is 50.6. The third-order valence-electron chi connectivity index (χ3n) is 27.4. The average molecular weight is 999 g/mol. The molecule has 9 fully saturated rings. The van der Waals surface area contributed by atoms with Crippen molar-refractivity contribution in [1.29, 1.82) is 0 Å². The van der Waals surface area contributed by atoms with Crippen LogP contribution in [0.3, 0.4) is 0 Å². The summed E-state index contributed by atoms with van der Waals surface area (Å²) in [5.74, 6) is 10.2. The van der Waals surface area contributed by atoms with Crippen LogP contribution in [-0.4, -0.2) is 53.0 Å². The van der Waals surface area contributed by atoms with E-state index in [0.29, 0.717) is 24.9 Å². The molecule has 3 aromatic carbocycles. The summed E-state index contributed by atoms with van der Waals surface area (Å²) >= 11 is 0. The van der Waals surface area contributed by atoms with Crippen molar-refractivity contribution in [3.63, 3.8) is 0 Å². The zero-order valence-electron chi connectivity index (χ0n) is 45.6. The van der Waals surface area contributed by atoms with Gasteiger partial charge in [0, 0.05) is 48.0 Å². The Kier molecular flexibility index (Phi) is 10.2. The van der Waals surface area contributed by atoms with Crippen LogP contribution in [-0.2, 0) is 38.9 Å². The molecule has 6 heteroatoms. The number of carboxylic acids is 1. The molecule has 1 aliphatic heterocycles. The number of hydrogen-bond acceptors (Lipinski definition) is 5. The zero-order valence-corrected chi connectivity index (χ0v) is 45.6. The molecule has 0 unspecified atom stereocenters. The highest BCUT2D eigenvalue weighted by Gasteiger charge is 2.90. The SMILES string of the molecule is CCC[C@@H]1[C@@]23CC[C@@]45C#CC[C@H]([C@@H]6CC[C@@H]7CCC[C@@H]7C6)CC[C@@]67[C@@H]8[C@H]([C@H]9C[C@@]6%10C[C@@]4(Cc4ccc6cccc9c6c4%10)[C@@H]2[C@H](O)C[C@]1(O)O[C@H]3Cc1ccc(CCOC)cc1)[C@](C)(C(=O)O)CC[C@]8(C)CC[C@]57C. The lowest BCUT2D eigenvalue weighted by Crippen LogP contribution is -2.85. The standard InChI is InChI=1S/C68H86O6/c1-6-10-52-66-33-32-65-26-9-14-44(47-22-20-43-11-7-13-46(43)36-47)24-27-67-58-56(61(3,59(70)71)30-28-60(58,2)29-31-62(65,67)4)50-38-63(67)40-64(65,37-48-23-21-45-12-8-15-49(50)54(45)55(48)63)57(66)51(69)39-68(52,72)74-53(66)35-42-18-16-41(17-19-42)25-34-73-5/h8,12,15-19,21,23,43-44,46-47,50-53,56-58,69,72H,6-7,10-11,13-14,20,22,24-25,27-40H2,1-5H3,(H,70,71)/t43-,44-,46+,47+,50-,51+,52+,53-,56-,57-,58+,60+,61+,62+,63-,64-,65+,66+,67-,68-/m0/s1. The average Bonchev–Trinajstić information content (AvgIpc) is 4.02. The van der Waals surface area contributed by atoms with E-state index in [1.54, 1.807) is 12.7 Å². The summed E-state index contributed by atoms with van der Waals surface area (Å²) in [5, 5.41) is 41.8. The number of benzene rings is 3. The third kappa shape index (κ3) is 5.50. The van der Waals surface area contributed by atoms with Crippen LogP contribution in [0.1, 0.15) is 190 Å². The molecule has 74 heavy (non-hydrogen) atoms. The second-order valence-corrected chi connectivity index (χ2v) is 29.3. The van der Waals surface area contributed by atoms with Crippen molar-refractivity contribution in [3.05, 3.63) is 82.4 Å². The van der Waals surface area contributed by atoms with Crippen LogP contribution in [0.15, 0.2) is 54.6 Å². The summed E-state index contributed by atoms with van der Waals surface area (Å²) < 4.78 is 12.9. The van der Waals surface area contributed by atoms with Crippen molar-refractivity contribution in [2.75, 3.05) is 13.7 Å². The lowest BCUT2D eigenvalue weighted by Gasteiger charge is -2.88. The first-order valence-electron chi connectivity index (χ1n) is 30.6. The fourth-order valence-electron chi connectivity index (χ4n) is 25.1. The van der Waals surface area contributed by atoms with Gasteiger partial charge in [0.05, 0.1) is 24.2 Å². The summed E-state index contributed by atoms with van der Waals surface area (Å²) in [7, 11) is 1.77. The van der Waals surface area contributed by atoms with Gasteiger partial charge in [0.15, 0.2) is 5.79 Å². The molecule has 0 radical (unpaired) electrons. The van der Waals surface area contributed by atoms with Crippen LogP contribution in [0.2, 0.25) is 0 Å². The number of carboxylic acid groups (broad SMARTS) is 1. The van der Waals surface area contributed by atoms with Crippen LogP contribution in [0.5, 0.6) is 0 Å². The number of carbonyl (C=O) groups is 1. The molecule has 0 amide bonds. The largest absolute Gasteiger partial charge is 0.481 e. The molecule has 7 bridgehead atoms. The van der Waals surface area contributed by atoms with Crippen molar-refractivity contribution >= 4 is 16.7 Å². The quantitative estimate of drug-likeness (QED) is 0.185. The topological polar surface area (TPSA) is 96.2 Å². The van der Waals surface area contributed by atoms with Crippen molar-refractivity contribution in [3.8, 4) is 11.8 Å². The minimum absolute atomic E-state index is 0.00906. The number of rotatable bonds is 9. The van der Waals surface area contributed by atoms with Crippen LogP contribution < -0.4 is 0 Å². The van der Waals surface area contributed by atoms with Gasteiger partial charge in [0.2, 0.25) is 0 Å². The van der Waals surface area contributed by atoms with E-state index in [4.69, 9.17) is 9.47 Å². The van der Waals surface area contributed by atoms with E-state index >= 15 is 0 Å². The second-order valence-electron chi connectivity index (χ2n) is 29.3. The van der Waals surface area contributed by atoms with Crippen LogP contribution in [0.4, 0.5) is 0 Å². The number of hydrogen-bond donors (Lipinski definition) is 3. The van der Waals surface area contributed by atoms with E-state index in [0.717, 1.165) is 102 Å². The Morgan fingerprint density at radius 3 is 2.43 bits per heavy atom. The van der Waals surface area contributed by atoms with Gasteiger partial charge in [0.25, 0.3) is 0 Å². The molecule has 394 valence electrons. The Hall–Kier alpha value is -3.21. The smallest absolute Gasteiger partial charge is 0.309 e. The predicted molar refractivity (Wildman–Crippen MR) is 289 cm³/mol. The highest BCUT2D eigenvalue weighted by Crippen LogP contribution is 2.93. The van der Waals surface area contributed by atoms with Gasteiger partial charge >= 0.3 is 5.97 Å². The molecule has 6 nitrogen and oxygen atoms in total. The Labute approximate surface area is 442 Å². The van der Waals surface area contributed by atoms with Crippen molar-refractivity contribution in [2.24, 2.45) is 85.2 Å². The molecule has 11 aliphatic carbocycles. The molecule has 0 aromatic heterocycles. The van der Waals surface area contributed by atoms with E-state index in [1.165, 1.54) is 78.0 Å². The molecular weight excluding hydrogens is 913 g/mol. The predicted octanol–water partition coefficient (Wildman–Crippen LogP) is 13.5. The summed E-state index contributed by atoms with van der Waals surface area (Å²) in [6.45, 7) is 10.7. The van der Waals surface area contributed by atoms with Gasteiger partial charge in [-0.25, -0.2) is 0 Å². The number of aliphatic hydroxyl groups is 2. The molecule has 8 saturated carbocycles. The Morgan fingerprint density at radius 1 is 0.838 bits per heavy atom. The fourth-order valence-corrected chi connectivity index (χ4v) is 25.1. The Balaban J connectivity index is 1.01. The van der Waals surface area contributed by atoms with Gasteiger partial charge in [-0.05, 0) is 218 Å². The first-order valence-corrected chi connectivity index (χ1v) is 30.6. The van der Waals surface area contributed by atoms with E-state index in [2.05, 4.69) is 94.1 Å². The first-order chi connectivity index (χ1) is 35.6. The van der Waals surface area contributed by atoms with E-state index in [-0.39, 0.29) is 63.8 Å². The van der Waals surface area contributed by atoms with Gasteiger partial charge in [-0.3, -0.25) is 4.79 Å². The van der Waals surface area contributed by atoms with Crippen LogP contribution in [0, 0.1) is 97.1 Å². The number of ether oxygens (including phenoxy) is 2. The lowest BCUT2D eigenvalue weighted by atomic mass is 9.15. The van der Waals surface area contributed by atoms with Crippen LogP contribution in [0.25, 0.3) is 10.8 Å². The van der Waals surface area contributed by atoms with Gasteiger partial charge in [-0.15, -0.1) is 5.92 Å². The molecule has 12 aliphatic rings. The number of aliphatic carboxylic acids is 1. The molecule has 3 N–H and O–H groups in total. The minimum atomic E-state index is -1.39. The second kappa shape index (κ2) is 15.8. The molecule has 20 atom stereocenters. The maximum absolute atomic E-state index is 14.5. The number of aliphatic hydroxyl groups excluding tert-OH is 1. The van der Waals surface area contributed by atoms with E-state index in [9.17, 15) is 20.1 Å². The van der Waals surface area contributed by atoms with E-state index < -0.39 is 39.5 Å². The van der Waals surface area contributed by atoms with Gasteiger partial charge in [-0.2, -0.15) is 0 Å². The fraction of sp³-hybridized carbons (Fsp3) is 0.721. The maximum atomic E-state index is 14.5.